The fourth-order valence-corrected chi connectivity index (χ4v) is 4.04. The number of halogens is 1. The monoisotopic (exact) mass is 439 g/mol. The van der Waals surface area contributed by atoms with Gasteiger partial charge in [-0.3, -0.25) is 4.79 Å². The number of ether oxygens (including phenoxy) is 1. The maximum Gasteiger partial charge on any atom is 0.319 e. The van der Waals surface area contributed by atoms with Crippen molar-refractivity contribution in [1.29, 1.82) is 0 Å². The van der Waals surface area contributed by atoms with E-state index >= 15 is 0 Å². The third kappa shape index (κ3) is 5.19. The number of urea groups is 1. The van der Waals surface area contributed by atoms with Gasteiger partial charge in [0, 0.05) is 42.3 Å². The minimum absolute atomic E-state index is 0.0393. The molecular formula is C24H26FN3O4. The maximum absolute atomic E-state index is 13.2. The van der Waals surface area contributed by atoms with E-state index in [1.165, 1.54) is 18.2 Å². The van der Waals surface area contributed by atoms with Crippen LogP contribution in [0.15, 0.2) is 53.1 Å². The van der Waals surface area contributed by atoms with Crippen LogP contribution in [0.25, 0.3) is 11.0 Å². The molecule has 0 aliphatic carbocycles. The summed E-state index contributed by atoms with van der Waals surface area (Å²) in [7, 11) is 1.60. The molecule has 1 aliphatic heterocycles. The standard InChI is InChI=1S/C24H26FN3O4/c1-31-20-7-8-21-17(15-32-22(21)12-20)10-23(29)28-9-3-4-16(14-28)13-26-24(30)27-19-6-2-5-18(25)11-19/h2,5-8,11-12,15-16H,3-4,9-10,13-14H2,1H3,(H2,26,27,30). The number of benzene rings is 2. The number of carbonyl (C=O) groups excluding carboxylic acids is 2. The van der Waals surface area contributed by atoms with Crippen molar-refractivity contribution < 1.29 is 23.1 Å². The molecule has 0 saturated carbocycles. The number of furan rings is 1. The lowest BCUT2D eigenvalue weighted by atomic mass is 9.97. The number of fused-ring (bicyclic) bond motifs is 1. The number of hydrogen-bond donors (Lipinski definition) is 2. The number of anilines is 1. The third-order valence-corrected chi connectivity index (χ3v) is 5.71. The highest BCUT2D eigenvalue weighted by atomic mass is 19.1. The Hall–Kier alpha value is -3.55. The van der Waals surface area contributed by atoms with Gasteiger partial charge in [0.05, 0.1) is 19.8 Å². The third-order valence-electron chi connectivity index (χ3n) is 5.71. The summed E-state index contributed by atoms with van der Waals surface area (Å²) in [5, 5.41) is 6.35. The zero-order valence-corrected chi connectivity index (χ0v) is 17.9. The fraction of sp³-hybridized carbons (Fsp3) is 0.333. The van der Waals surface area contributed by atoms with Crippen LogP contribution in [0.5, 0.6) is 5.75 Å². The van der Waals surface area contributed by atoms with Crippen LogP contribution >= 0.6 is 0 Å². The van der Waals surface area contributed by atoms with Gasteiger partial charge in [0.25, 0.3) is 0 Å². The normalized spacial score (nSPS) is 16.1. The molecule has 3 aromatic rings. The van der Waals surface area contributed by atoms with E-state index in [9.17, 15) is 14.0 Å². The van der Waals surface area contributed by atoms with E-state index in [2.05, 4.69) is 10.6 Å². The van der Waals surface area contributed by atoms with E-state index in [0.29, 0.717) is 36.7 Å². The first-order valence-electron chi connectivity index (χ1n) is 10.6. The summed E-state index contributed by atoms with van der Waals surface area (Å²) in [6.45, 7) is 1.73. The smallest absolute Gasteiger partial charge is 0.319 e. The number of nitrogens with zero attached hydrogens (tertiary/aromatic N) is 1. The molecule has 0 radical (unpaired) electrons. The van der Waals surface area contributed by atoms with E-state index in [4.69, 9.17) is 9.15 Å². The van der Waals surface area contributed by atoms with Crippen molar-refractivity contribution in [2.75, 3.05) is 32.1 Å². The second-order valence-corrected chi connectivity index (χ2v) is 7.99. The van der Waals surface area contributed by atoms with Gasteiger partial charge >= 0.3 is 6.03 Å². The molecule has 2 aromatic carbocycles. The van der Waals surface area contributed by atoms with E-state index in [1.807, 2.05) is 17.0 Å². The van der Waals surface area contributed by atoms with E-state index < -0.39 is 5.82 Å². The zero-order valence-electron chi connectivity index (χ0n) is 17.9. The van der Waals surface area contributed by atoms with Gasteiger partial charge in [-0.1, -0.05) is 6.07 Å². The molecule has 1 fully saturated rings. The predicted molar refractivity (Wildman–Crippen MR) is 119 cm³/mol. The van der Waals surface area contributed by atoms with E-state index in [-0.39, 0.29) is 24.3 Å². The summed E-state index contributed by atoms with van der Waals surface area (Å²) >= 11 is 0. The molecule has 1 saturated heterocycles. The summed E-state index contributed by atoms with van der Waals surface area (Å²) in [4.78, 5) is 26.9. The molecule has 0 bridgehead atoms. The van der Waals surface area contributed by atoms with Gasteiger partial charge in [-0.05, 0) is 49.1 Å². The lowest BCUT2D eigenvalue weighted by molar-refractivity contribution is -0.132. The largest absolute Gasteiger partial charge is 0.497 e. The Bertz CT molecular complexity index is 1110. The molecule has 2 heterocycles. The number of likely N-dealkylation sites (tertiary alicyclic amines) is 1. The van der Waals surface area contributed by atoms with Gasteiger partial charge in [-0.25, -0.2) is 9.18 Å². The Labute approximate surface area is 185 Å². The van der Waals surface area contributed by atoms with Gasteiger partial charge in [0.15, 0.2) is 0 Å². The number of nitrogens with one attached hydrogen (secondary N) is 2. The Morgan fingerprint density at radius 1 is 1.25 bits per heavy atom. The van der Waals surface area contributed by atoms with Crippen LogP contribution in [0, 0.1) is 11.7 Å². The molecule has 8 heteroatoms. The molecule has 4 rings (SSSR count). The summed E-state index contributed by atoms with van der Waals surface area (Å²) in [6, 6.07) is 10.9. The molecule has 168 valence electrons. The molecule has 2 N–H and O–H groups in total. The zero-order chi connectivity index (χ0) is 22.5. The van der Waals surface area contributed by atoms with Crippen molar-refractivity contribution in [2.45, 2.75) is 19.3 Å². The first-order chi connectivity index (χ1) is 15.5. The van der Waals surface area contributed by atoms with E-state index in [0.717, 1.165) is 23.8 Å². The number of amides is 3. The molecular weight excluding hydrogens is 413 g/mol. The number of methoxy groups -OCH3 is 1. The van der Waals surface area contributed by atoms with Crippen LogP contribution in [0.2, 0.25) is 0 Å². The van der Waals surface area contributed by atoms with Crippen LogP contribution in [0.4, 0.5) is 14.9 Å². The molecule has 1 atom stereocenters. The van der Waals surface area contributed by atoms with Crippen molar-refractivity contribution in [1.82, 2.24) is 10.2 Å². The summed E-state index contributed by atoms with van der Waals surface area (Å²) in [6.07, 6.45) is 3.70. The van der Waals surface area contributed by atoms with Crippen LogP contribution in [0.1, 0.15) is 18.4 Å². The molecule has 3 amide bonds. The minimum Gasteiger partial charge on any atom is -0.497 e. The van der Waals surface area contributed by atoms with Gasteiger partial charge in [0.2, 0.25) is 5.91 Å². The highest BCUT2D eigenvalue weighted by Crippen LogP contribution is 2.27. The highest BCUT2D eigenvalue weighted by molar-refractivity contribution is 5.89. The second-order valence-electron chi connectivity index (χ2n) is 7.99. The first kappa shape index (κ1) is 21.7. The topological polar surface area (TPSA) is 83.8 Å². The summed E-state index contributed by atoms with van der Waals surface area (Å²) < 4.78 is 24.1. The van der Waals surface area contributed by atoms with Gasteiger partial charge < -0.3 is 24.7 Å². The fourth-order valence-electron chi connectivity index (χ4n) is 4.04. The van der Waals surface area contributed by atoms with Crippen LogP contribution in [0.3, 0.4) is 0 Å². The Morgan fingerprint density at radius 2 is 2.12 bits per heavy atom. The Morgan fingerprint density at radius 3 is 2.94 bits per heavy atom. The number of carbonyl (C=O) groups is 2. The quantitative estimate of drug-likeness (QED) is 0.604. The van der Waals surface area contributed by atoms with Crippen molar-refractivity contribution in [3.8, 4) is 5.75 Å². The van der Waals surface area contributed by atoms with Gasteiger partial charge in [0.1, 0.15) is 17.1 Å². The SMILES string of the molecule is COc1ccc2c(CC(=O)N3CCCC(CNC(=O)Nc4cccc(F)c4)C3)coc2c1. The molecule has 1 aliphatic rings. The van der Waals surface area contributed by atoms with Crippen molar-refractivity contribution in [3.05, 3.63) is 60.1 Å². The molecule has 0 spiro atoms. The van der Waals surface area contributed by atoms with Gasteiger partial charge in [-0.2, -0.15) is 0 Å². The van der Waals surface area contributed by atoms with Crippen molar-refractivity contribution in [3.63, 3.8) is 0 Å². The van der Waals surface area contributed by atoms with E-state index in [1.54, 1.807) is 25.5 Å². The highest BCUT2D eigenvalue weighted by Gasteiger charge is 2.25. The van der Waals surface area contributed by atoms with Crippen molar-refractivity contribution >= 4 is 28.6 Å². The average Bonchev–Trinajstić information content (AvgIpc) is 3.19. The first-order valence-corrected chi connectivity index (χ1v) is 10.6. The predicted octanol–water partition coefficient (Wildman–Crippen LogP) is 4.18. The number of rotatable bonds is 6. The minimum atomic E-state index is -0.409. The maximum atomic E-state index is 13.2. The lowest BCUT2D eigenvalue weighted by Gasteiger charge is -2.33. The van der Waals surface area contributed by atoms with Crippen LogP contribution < -0.4 is 15.4 Å². The Kier molecular flexibility index (Phi) is 6.58. The molecule has 7 nitrogen and oxygen atoms in total. The van der Waals surface area contributed by atoms with Gasteiger partial charge in [-0.15, -0.1) is 0 Å². The molecule has 32 heavy (non-hydrogen) atoms. The summed E-state index contributed by atoms with van der Waals surface area (Å²) in [5.41, 5.74) is 1.94. The molecule has 1 aromatic heterocycles. The summed E-state index contributed by atoms with van der Waals surface area (Å²) in [5.74, 6) is 0.500. The molecule has 1 unspecified atom stereocenters. The van der Waals surface area contributed by atoms with Crippen LogP contribution in [-0.4, -0.2) is 43.6 Å². The second kappa shape index (κ2) is 9.72. The lowest BCUT2D eigenvalue weighted by Crippen LogP contribution is -2.44. The van der Waals surface area contributed by atoms with Crippen LogP contribution in [-0.2, 0) is 11.2 Å². The van der Waals surface area contributed by atoms with Crippen molar-refractivity contribution in [2.24, 2.45) is 5.92 Å². The number of hydrogen-bond acceptors (Lipinski definition) is 4. The Balaban J connectivity index is 1.29. The average molecular weight is 439 g/mol. The number of piperidine rings is 1.